The summed E-state index contributed by atoms with van der Waals surface area (Å²) in [6.07, 6.45) is -1.10. The number of fused-ring (bicyclic) bond motifs is 1. The quantitative estimate of drug-likeness (QED) is 0.175. The van der Waals surface area contributed by atoms with Gasteiger partial charge in [-0.1, -0.05) is 53.0 Å². The Morgan fingerprint density at radius 3 is 1.51 bits per heavy atom. The van der Waals surface area contributed by atoms with Crippen LogP contribution in [0.4, 0.5) is 0 Å². The summed E-state index contributed by atoms with van der Waals surface area (Å²) in [7, 11) is 0. The molecule has 184 valence electrons. The van der Waals surface area contributed by atoms with Crippen LogP contribution in [0.2, 0.25) is 15.1 Å². The normalized spacial score (nSPS) is 16.2. The van der Waals surface area contributed by atoms with Crippen molar-refractivity contribution >= 4 is 52.2 Å². The van der Waals surface area contributed by atoms with E-state index < -0.39 is 29.5 Å². The van der Waals surface area contributed by atoms with Gasteiger partial charge in [-0.3, -0.25) is 14.4 Å². The van der Waals surface area contributed by atoms with E-state index in [9.17, 15) is 14.4 Å². The first-order valence-corrected chi connectivity index (χ1v) is 12.6. The van der Waals surface area contributed by atoms with Crippen LogP contribution in [-0.4, -0.2) is 23.5 Å². The molecule has 7 heteroatoms. The molecule has 4 nitrogen and oxygen atoms in total. The first kappa shape index (κ1) is 25.2. The Balaban J connectivity index is 1.65. The molecule has 2 atom stereocenters. The Morgan fingerprint density at radius 2 is 1.03 bits per heavy atom. The van der Waals surface area contributed by atoms with E-state index in [0.717, 1.165) is 0 Å². The Hall–Kier alpha value is -3.44. The van der Waals surface area contributed by atoms with E-state index in [-0.39, 0.29) is 5.78 Å². The van der Waals surface area contributed by atoms with Crippen LogP contribution in [-0.2, 0) is 0 Å². The van der Waals surface area contributed by atoms with Crippen LogP contribution in [0, 0.1) is 5.92 Å². The van der Waals surface area contributed by atoms with Gasteiger partial charge in [-0.15, -0.1) is 0 Å². The minimum absolute atomic E-state index is 0.304. The lowest BCUT2D eigenvalue weighted by molar-refractivity contribution is 0.0669. The predicted octanol–water partition coefficient (Wildman–Crippen LogP) is 7.76. The highest BCUT2D eigenvalue weighted by atomic mass is 35.5. The first-order valence-electron chi connectivity index (χ1n) is 11.5. The molecule has 0 spiro atoms. The van der Waals surface area contributed by atoms with Gasteiger partial charge in [0.2, 0.25) is 5.78 Å². The van der Waals surface area contributed by atoms with Crippen LogP contribution in [0.15, 0.2) is 97.1 Å². The zero-order valence-corrected chi connectivity index (χ0v) is 21.5. The molecule has 0 amide bonds. The third kappa shape index (κ3) is 5.05. The number of rotatable bonds is 7. The van der Waals surface area contributed by atoms with Crippen LogP contribution in [0.3, 0.4) is 0 Å². The van der Waals surface area contributed by atoms with Gasteiger partial charge in [0, 0.05) is 43.2 Å². The fraction of sp³-hybridized carbons (Fsp3) is 0.100. The van der Waals surface area contributed by atoms with Crippen LogP contribution in [0.25, 0.3) is 0 Å². The second kappa shape index (κ2) is 10.5. The van der Waals surface area contributed by atoms with Gasteiger partial charge in [0.15, 0.2) is 17.7 Å². The van der Waals surface area contributed by atoms with Gasteiger partial charge >= 0.3 is 0 Å². The Morgan fingerprint density at radius 1 is 0.595 bits per heavy atom. The molecule has 0 bridgehead atoms. The molecule has 4 aromatic carbocycles. The fourth-order valence-corrected chi connectivity index (χ4v) is 5.00. The zero-order chi connectivity index (χ0) is 26.1. The summed E-state index contributed by atoms with van der Waals surface area (Å²) >= 11 is 18.1. The molecular formula is C30H19Cl3O4. The molecule has 0 saturated heterocycles. The molecule has 0 saturated carbocycles. The Kier molecular flexibility index (Phi) is 7.16. The van der Waals surface area contributed by atoms with E-state index in [1.54, 1.807) is 97.1 Å². The predicted molar refractivity (Wildman–Crippen MR) is 144 cm³/mol. The van der Waals surface area contributed by atoms with Crippen LogP contribution < -0.4 is 4.74 Å². The van der Waals surface area contributed by atoms with E-state index >= 15 is 0 Å². The first-order chi connectivity index (χ1) is 17.8. The van der Waals surface area contributed by atoms with Crippen molar-refractivity contribution in [3.05, 3.63) is 134 Å². The summed E-state index contributed by atoms with van der Waals surface area (Å²) in [5, 5.41) is 1.40. The molecule has 5 rings (SSSR count). The van der Waals surface area contributed by atoms with Crippen molar-refractivity contribution in [1.29, 1.82) is 0 Å². The smallest absolute Gasteiger partial charge is 0.203 e. The Labute approximate surface area is 228 Å². The van der Waals surface area contributed by atoms with Crippen molar-refractivity contribution in [1.82, 2.24) is 0 Å². The Bertz CT molecular complexity index is 1420. The van der Waals surface area contributed by atoms with Crippen molar-refractivity contribution in [2.45, 2.75) is 12.0 Å². The number of halogens is 3. The molecule has 0 N–H and O–H groups in total. The highest BCUT2D eigenvalue weighted by molar-refractivity contribution is 6.31. The fourth-order valence-electron chi connectivity index (χ4n) is 4.62. The molecule has 0 aliphatic carbocycles. The molecule has 0 radical (unpaired) electrons. The third-order valence-electron chi connectivity index (χ3n) is 6.43. The lowest BCUT2D eigenvalue weighted by Gasteiger charge is -2.26. The molecule has 4 aromatic rings. The lowest BCUT2D eigenvalue weighted by Crippen LogP contribution is -2.40. The zero-order valence-electron chi connectivity index (χ0n) is 19.2. The minimum Gasteiger partial charge on any atom is -0.481 e. The lowest BCUT2D eigenvalue weighted by atomic mass is 9.74. The number of Topliss-reactive ketones (excluding diaryl/α,β-unsaturated/α-hetero) is 3. The van der Waals surface area contributed by atoms with Gasteiger partial charge in [-0.25, -0.2) is 0 Å². The SMILES string of the molecule is O=C(c1ccc(Cl)cc1)C1Oc2ccccc2C1C(C(=O)c1ccc(Cl)cc1)C(=O)c1ccc(Cl)cc1. The van der Waals surface area contributed by atoms with Crippen molar-refractivity contribution in [3.63, 3.8) is 0 Å². The van der Waals surface area contributed by atoms with Crippen LogP contribution >= 0.6 is 34.8 Å². The summed E-state index contributed by atoms with van der Waals surface area (Å²) in [5.74, 6) is -2.88. The average molecular weight is 550 g/mol. The van der Waals surface area contributed by atoms with Crippen molar-refractivity contribution in [2.24, 2.45) is 5.92 Å². The highest BCUT2D eigenvalue weighted by Crippen LogP contribution is 2.45. The van der Waals surface area contributed by atoms with Crippen LogP contribution in [0.5, 0.6) is 5.75 Å². The standard InChI is InChI=1S/C30H19Cl3O4/c31-20-11-5-17(6-12-20)27(34)26(28(35)18-7-13-21(32)14-8-18)25-23-3-1-2-4-24(23)37-30(25)29(36)19-9-15-22(33)16-10-19/h1-16,25-26,30H. The molecule has 1 heterocycles. The number of benzene rings is 4. The number of ether oxygens (including phenoxy) is 1. The molecule has 1 aliphatic rings. The summed E-state index contributed by atoms with van der Waals surface area (Å²) in [6.45, 7) is 0. The third-order valence-corrected chi connectivity index (χ3v) is 7.18. The average Bonchev–Trinajstić information content (AvgIpc) is 3.29. The second-order valence-corrected chi connectivity index (χ2v) is 10.0. The van der Waals surface area contributed by atoms with E-state index in [2.05, 4.69) is 0 Å². The van der Waals surface area contributed by atoms with Crippen LogP contribution in [0.1, 0.15) is 42.6 Å². The van der Waals surface area contributed by atoms with Gasteiger partial charge in [0.05, 0.1) is 5.92 Å². The number of carbonyl (C=O) groups is 3. The van der Waals surface area contributed by atoms with Gasteiger partial charge in [-0.2, -0.15) is 0 Å². The summed E-state index contributed by atoms with van der Waals surface area (Å²) in [5.41, 5.74) is 1.59. The van der Waals surface area contributed by atoms with E-state index in [4.69, 9.17) is 39.5 Å². The van der Waals surface area contributed by atoms with E-state index in [0.29, 0.717) is 43.1 Å². The van der Waals surface area contributed by atoms with Gasteiger partial charge in [0.25, 0.3) is 0 Å². The van der Waals surface area contributed by atoms with Gasteiger partial charge in [-0.05, 0) is 78.9 Å². The van der Waals surface area contributed by atoms with Crippen molar-refractivity contribution < 1.29 is 19.1 Å². The largest absolute Gasteiger partial charge is 0.481 e. The van der Waals surface area contributed by atoms with Crippen molar-refractivity contribution in [2.75, 3.05) is 0 Å². The molecular weight excluding hydrogens is 531 g/mol. The molecule has 0 aromatic heterocycles. The van der Waals surface area contributed by atoms with Gasteiger partial charge < -0.3 is 4.74 Å². The van der Waals surface area contributed by atoms with Crippen molar-refractivity contribution in [3.8, 4) is 5.75 Å². The number of para-hydroxylation sites is 1. The molecule has 2 unspecified atom stereocenters. The van der Waals surface area contributed by atoms with E-state index in [1.165, 1.54) is 0 Å². The maximum absolute atomic E-state index is 14.0. The maximum atomic E-state index is 14.0. The number of carbonyl (C=O) groups excluding carboxylic acids is 3. The molecule has 1 aliphatic heterocycles. The molecule has 0 fully saturated rings. The summed E-state index contributed by atoms with van der Waals surface area (Å²) in [4.78, 5) is 41.7. The van der Waals surface area contributed by atoms with E-state index in [1.807, 2.05) is 0 Å². The summed E-state index contributed by atoms with van der Waals surface area (Å²) < 4.78 is 6.13. The second-order valence-electron chi connectivity index (χ2n) is 8.69. The summed E-state index contributed by atoms with van der Waals surface area (Å²) in [6, 6.07) is 26.2. The number of hydrogen-bond acceptors (Lipinski definition) is 4. The van der Waals surface area contributed by atoms with Gasteiger partial charge in [0.1, 0.15) is 5.75 Å². The minimum atomic E-state index is -1.24. The number of hydrogen-bond donors (Lipinski definition) is 0. The highest BCUT2D eigenvalue weighted by Gasteiger charge is 2.49. The maximum Gasteiger partial charge on any atom is 0.203 e. The monoisotopic (exact) mass is 548 g/mol. The molecule has 37 heavy (non-hydrogen) atoms. The number of ketones is 3. The topological polar surface area (TPSA) is 60.4 Å².